The standard InChI is InChI=1S/C12H14FN/c13-9-4-1-3-8-7-10(14)12(11(8)9)5-2-6-12/h1,3-4,10H,2,5-7,14H2. The fraction of sp³-hybridized carbons (Fsp3) is 0.500. The normalized spacial score (nSPS) is 27.4. The van der Waals surface area contributed by atoms with Gasteiger partial charge in [0, 0.05) is 11.5 Å². The predicted octanol–water partition coefficient (Wildman–Crippen LogP) is 2.13. The van der Waals surface area contributed by atoms with E-state index in [1.165, 1.54) is 6.42 Å². The van der Waals surface area contributed by atoms with Gasteiger partial charge in [-0.25, -0.2) is 4.39 Å². The van der Waals surface area contributed by atoms with Crippen LogP contribution in [0.25, 0.3) is 0 Å². The molecule has 1 atom stereocenters. The first kappa shape index (κ1) is 8.42. The van der Waals surface area contributed by atoms with Crippen LogP contribution in [-0.2, 0) is 11.8 Å². The van der Waals surface area contributed by atoms with Crippen molar-refractivity contribution in [3.05, 3.63) is 35.1 Å². The molecule has 0 heterocycles. The number of hydrogen-bond donors (Lipinski definition) is 1. The highest BCUT2D eigenvalue weighted by atomic mass is 19.1. The summed E-state index contributed by atoms with van der Waals surface area (Å²) in [5.41, 5.74) is 8.19. The van der Waals surface area contributed by atoms with Crippen LogP contribution in [0.5, 0.6) is 0 Å². The Balaban J connectivity index is 2.20. The van der Waals surface area contributed by atoms with E-state index in [0.717, 1.165) is 30.4 Å². The Kier molecular flexibility index (Phi) is 1.55. The number of halogens is 1. The highest BCUT2D eigenvalue weighted by Gasteiger charge is 2.50. The van der Waals surface area contributed by atoms with Crippen molar-refractivity contribution >= 4 is 0 Å². The number of nitrogens with two attached hydrogens (primary N) is 1. The molecule has 1 aromatic rings. The van der Waals surface area contributed by atoms with Gasteiger partial charge >= 0.3 is 0 Å². The second-order valence-electron chi connectivity index (χ2n) is 4.59. The Hall–Kier alpha value is -0.890. The zero-order chi connectivity index (χ0) is 9.76. The lowest BCUT2D eigenvalue weighted by molar-refractivity contribution is 0.207. The maximum Gasteiger partial charge on any atom is 0.127 e. The molecule has 2 aliphatic carbocycles. The molecule has 0 amide bonds. The van der Waals surface area contributed by atoms with E-state index >= 15 is 0 Å². The first-order valence-electron chi connectivity index (χ1n) is 5.27. The van der Waals surface area contributed by atoms with Crippen LogP contribution in [0.4, 0.5) is 4.39 Å². The zero-order valence-electron chi connectivity index (χ0n) is 8.09. The second kappa shape index (κ2) is 2.57. The Morgan fingerprint density at radius 2 is 2.14 bits per heavy atom. The van der Waals surface area contributed by atoms with Gasteiger partial charge in [0.2, 0.25) is 0 Å². The van der Waals surface area contributed by atoms with E-state index in [4.69, 9.17) is 5.73 Å². The molecule has 0 aromatic heterocycles. The molecule has 2 aliphatic rings. The van der Waals surface area contributed by atoms with E-state index in [9.17, 15) is 4.39 Å². The molecule has 1 saturated carbocycles. The summed E-state index contributed by atoms with van der Waals surface area (Å²) in [6.45, 7) is 0. The molecule has 2 heteroatoms. The number of fused-ring (bicyclic) bond motifs is 2. The maximum atomic E-state index is 13.7. The molecule has 1 spiro atoms. The van der Waals surface area contributed by atoms with E-state index < -0.39 is 0 Å². The van der Waals surface area contributed by atoms with E-state index in [1.54, 1.807) is 12.1 Å². The van der Waals surface area contributed by atoms with Gasteiger partial charge in [0.1, 0.15) is 5.82 Å². The molecule has 1 unspecified atom stereocenters. The van der Waals surface area contributed by atoms with Crippen LogP contribution in [0.1, 0.15) is 30.4 Å². The smallest absolute Gasteiger partial charge is 0.127 e. The molecule has 14 heavy (non-hydrogen) atoms. The van der Waals surface area contributed by atoms with Crippen LogP contribution >= 0.6 is 0 Å². The molecular weight excluding hydrogens is 177 g/mol. The Labute approximate surface area is 83.1 Å². The summed E-state index contributed by atoms with van der Waals surface area (Å²) in [5, 5.41) is 0. The third kappa shape index (κ3) is 0.825. The molecule has 0 saturated heterocycles. The lowest BCUT2D eigenvalue weighted by Gasteiger charge is -2.43. The number of hydrogen-bond acceptors (Lipinski definition) is 1. The predicted molar refractivity (Wildman–Crippen MR) is 53.6 cm³/mol. The minimum Gasteiger partial charge on any atom is -0.327 e. The average molecular weight is 191 g/mol. The van der Waals surface area contributed by atoms with Gasteiger partial charge in [0.25, 0.3) is 0 Å². The molecule has 1 fully saturated rings. The minimum atomic E-state index is -0.0462. The van der Waals surface area contributed by atoms with Gasteiger partial charge in [-0.1, -0.05) is 18.6 Å². The van der Waals surface area contributed by atoms with Gasteiger partial charge in [0.15, 0.2) is 0 Å². The van der Waals surface area contributed by atoms with Gasteiger partial charge < -0.3 is 5.73 Å². The number of benzene rings is 1. The molecule has 0 radical (unpaired) electrons. The quantitative estimate of drug-likeness (QED) is 0.668. The summed E-state index contributed by atoms with van der Waals surface area (Å²) in [6.07, 6.45) is 4.19. The van der Waals surface area contributed by atoms with Gasteiger partial charge in [-0.15, -0.1) is 0 Å². The molecule has 0 aliphatic heterocycles. The van der Waals surface area contributed by atoms with E-state index in [-0.39, 0.29) is 17.3 Å². The highest BCUT2D eigenvalue weighted by molar-refractivity contribution is 5.44. The molecule has 0 bridgehead atoms. The van der Waals surface area contributed by atoms with Gasteiger partial charge in [0.05, 0.1) is 0 Å². The van der Waals surface area contributed by atoms with Gasteiger partial charge in [-0.2, -0.15) is 0 Å². The van der Waals surface area contributed by atoms with Crippen LogP contribution in [0.15, 0.2) is 18.2 Å². The van der Waals surface area contributed by atoms with Gasteiger partial charge in [-0.3, -0.25) is 0 Å². The molecule has 2 N–H and O–H groups in total. The summed E-state index contributed by atoms with van der Waals surface area (Å²) >= 11 is 0. The van der Waals surface area contributed by atoms with Crippen LogP contribution in [0, 0.1) is 5.82 Å². The first-order valence-corrected chi connectivity index (χ1v) is 5.27. The lowest BCUT2D eigenvalue weighted by atomic mass is 9.63. The molecule has 3 rings (SSSR count). The van der Waals surface area contributed by atoms with Crippen molar-refractivity contribution in [2.75, 3.05) is 0 Å². The van der Waals surface area contributed by atoms with Crippen molar-refractivity contribution in [1.82, 2.24) is 0 Å². The fourth-order valence-corrected chi connectivity index (χ4v) is 3.09. The van der Waals surface area contributed by atoms with Crippen molar-refractivity contribution in [3.63, 3.8) is 0 Å². The van der Waals surface area contributed by atoms with E-state index in [0.29, 0.717) is 0 Å². The Bertz CT molecular complexity index is 382. The molecule has 1 nitrogen and oxygen atoms in total. The van der Waals surface area contributed by atoms with E-state index in [1.807, 2.05) is 6.07 Å². The van der Waals surface area contributed by atoms with Gasteiger partial charge in [-0.05, 0) is 36.5 Å². The minimum absolute atomic E-state index is 0.000671. The Morgan fingerprint density at radius 1 is 1.36 bits per heavy atom. The second-order valence-corrected chi connectivity index (χ2v) is 4.59. The van der Waals surface area contributed by atoms with Crippen LogP contribution in [-0.4, -0.2) is 6.04 Å². The van der Waals surface area contributed by atoms with Crippen LogP contribution in [0.2, 0.25) is 0 Å². The van der Waals surface area contributed by atoms with Crippen molar-refractivity contribution in [2.24, 2.45) is 5.73 Å². The summed E-state index contributed by atoms with van der Waals surface area (Å²) in [4.78, 5) is 0. The summed E-state index contributed by atoms with van der Waals surface area (Å²) in [7, 11) is 0. The van der Waals surface area contributed by atoms with Crippen molar-refractivity contribution < 1.29 is 4.39 Å². The monoisotopic (exact) mass is 191 g/mol. The molecule has 74 valence electrons. The summed E-state index contributed by atoms with van der Waals surface area (Å²) in [6, 6.07) is 5.52. The zero-order valence-corrected chi connectivity index (χ0v) is 8.09. The Morgan fingerprint density at radius 3 is 2.79 bits per heavy atom. The fourth-order valence-electron chi connectivity index (χ4n) is 3.09. The first-order chi connectivity index (χ1) is 6.74. The van der Waals surface area contributed by atoms with Crippen molar-refractivity contribution in [3.8, 4) is 0 Å². The molecule has 1 aromatic carbocycles. The SMILES string of the molecule is NC1Cc2cccc(F)c2C12CCC2. The maximum absolute atomic E-state index is 13.7. The van der Waals surface area contributed by atoms with Crippen LogP contribution < -0.4 is 5.73 Å². The van der Waals surface area contributed by atoms with E-state index in [2.05, 4.69) is 0 Å². The highest BCUT2D eigenvalue weighted by Crippen LogP contribution is 2.52. The third-order valence-corrected chi connectivity index (χ3v) is 3.99. The summed E-state index contributed by atoms with van der Waals surface area (Å²) in [5.74, 6) is -0.0462. The number of rotatable bonds is 0. The topological polar surface area (TPSA) is 26.0 Å². The van der Waals surface area contributed by atoms with Crippen molar-refractivity contribution in [2.45, 2.75) is 37.1 Å². The largest absolute Gasteiger partial charge is 0.327 e. The lowest BCUT2D eigenvalue weighted by Crippen LogP contribution is -2.47. The summed E-state index contributed by atoms with van der Waals surface area (Å²) < 4.78 is 13.7. The van der Waals surface area contributed by atoms with Crippen molar-refractivity contribution in [1.29, 1.82) is 0 Å². The average Bonchev–Trinajstić information content (AvgIpc) is 2.37. The van der Waals surface area contributed by atoms with Crippen LogP contribution in [0.3, 0.4) is 0 Å². The third-order valence-electron chi connectivity index (χ3n) is 3.99. The molecular formula is C12H14FN.